The maximum Gasteiger partial charge on any atom is 0.303 e. The third-order valence-electron chi connectivity index (χ3n) is 4.78. The van der Waals surface area contributed by atoms with Gasteiger partial charge in [-0.25, -0.2) is 0 Å². The summed E-state index contributed by atoms with van der Waals surface area (Å²) in [5.41, 5.74) is 0. The van der Waals surface area contributed by atoms with Gasteiger partial charge in [0.15, 0.2) is 8.32 Å². The molecule has 0 aliphatic heterocycles. The highest BCUT2D eigenvalue weighted by molar-refractivity contribution is 6.74. The van der Waals surface area contributed by atoms with Crippen LogP contribution in [0.2, 0.25) is 18.1 Å². The molecule has 1 N–H and O–H groups in total. The molecule has 0 aromatic rings. The molecule has 1 saturated carbocycles. The van der Waals surface area contributed by atoms with Crippen LogP contribution in [0.5, 0.6) is 0 Å². The molecular formula is C16H30O5Si. The van der Waals surface area contributed by atoms with Gasteiger partial charge in [-0.1, -0.05) is 20.8 Å². The number of aliphatic carboxylic acids is 1. The number of carboxylic acids is 1. The number of ether oxygens (including phenoxy) is 1. The predicted molar refractivity (Wildman–Crippen MR) is 87.2 cm³/mol. The molecule has 0 aromatic heterocycles. The topological polar surface area (TPSA) is 72.8 Å². The Morgan fingerprint density at radius 3 is 2.14 bits per heavy atom. The molecule has 128 valence electrons. The third-order valence-corrected chi connectivity index (χ3v) is 9.32. The van der Waals surface area contributed by atoms with E-state index in [1.165, 1.54) is 6.92 Å². The van der Waals surface area contributed by atoms with Crippen LogP contribution < -0.4 is 0 Å². The zero-order valence-electron chi connectivity index (χ0n) is 14.6. The van der Waals surface area contributed by atoms with E-state index in [2.05, 4.69) is 33.9 Å². The van der Waals surface area contributed by atoms with E-state index < -0.39 is 14.3 Å². The van der Waals surface area contributed by atoms with Gasteiger partial charge < -0.3 is 14.3 Å². The van der Waals surface area contributed by atoms with Crippen molar-refractivity contribution in [3.63, 3.8) is 0 Å². The fourth-order valence-corrected chi connectivity index (χ4v) is 4.14. The molecular weight excluding hydrogens is 300 g/mol. The summed E-state index contributed by atoms with van der Waals surface area (Å²) < 4.78 is 11.8. The molecule has 5 nitrogen and oxygen atoms in total. The lowest BCUT2D eigenvalue weighted by Gasteiger charge is -2.42. The smallest absolute Gasteiger partial charge is 0.303 e. The molecule has 0 amide bonds. The Bertz CT molecular complexity index is 389. The Hall–Kier alpha value is -0.883. The molecule has 3 atom stereocenters. The Morgan fingerprint density at radius 1 is 1.14 bits per heavy atom. The highest BCUT2D eigenvalue weighted by Crippen LogP contribution is 2.40. The molecule has 1 rings (SSSR count). The number of carboxylic acid groups (broad SMARTS) is 1. The minimum atomic E-state index is -1.92. The first-order valence-corrected chi connectivity index (χ1v) is 10.9. The first-order chi connectivity index (χ1) is 9.90. The van der Waals surface area contributed by atoms with Crippen molar-refractivity contribution in [3.8, 4) is 0 Å². The van der Waals surface area contributed by atoms with Crippen LogP contribution in [0.25, 0.3) is 0 Å². The van der Waals surface area contributed by atoms with E-state index in [1.807, 2.05) is 0 Å². The first kappa shape index (κ1) is 19.2. The maximum absolute atomic E-state index is 11.2. The number of hydrogen-bond acceptors (Lipinski definition) is 4. The molecule has 0 bridgehead atoms. The Morgan fingerprint density at radius 2 is 1.68 bits per heavy atom. The van der Waals surface area contributed by atoms with Crippen LogP contribution in [0, 0.1) is 5.92 Å². The van der Waals surface area contributed by atoms with Crippen molar-refractivity contribution in [2.45, 2.75) is 83.7 Å². The first-order valence-electron chi connectivity index (χ1n) is 7.97. The second-order valence-electron chi connectivity index (χ2n) is 7.90. The Labute approximate surface area is 134 Å². The normalized spacial score (nSPS) is 26.5. The van der Waals surface area contributed by atoms with E-state index in [9.17, 15) is 9.59 Å². The van der Waals surface area contributed by atoms with Crippen LogP contribution in [0.3, 0.4) is 0 Å². The van der Waals surface area contributed by atoms with Crippen molar-refractivity contribution in [1.29, 1.82) is 0 Å². The summed E-state index contributed by atoms with van der Waals surface area (Å²) in [6.45, 7) is 12.3. The van der Waals surface area contributed by atoms with E-state index >= 15 is 0 Å². The van der Waals surface area contributed by atoms with Gasteiger partial charge in [0.2, 0.25) is 0 Å². The average Bonchev–Trinajstić information content (AvgIpc) is 2.23. The summed E-state index contributed by atoms with van der Waals surface area (Å²) in [5.74, 6) is -1.11. The fourth-order valence-electron chi connectivity index (χ4n) is 2.76. The fraction of sp³-hybridized carbons (Fsp3) is 0.875. The van der Waals surface area contributed by atoms with Gasteiger partial charge in [0, 0.05) is 25.9 Å². The summed E-state index contributed by atoms with van der Waals surface area (Å²) in [6, 6.07) is 0. The van der Waals surface area contributed by atoms with Crippen molar-refractivity contribution >= 4 is 20.3 Å². The third kappa shape index (κ3) is 5.72. The standard InChI is InChI=1S/C16H30O5Si/c1-11(17)20-13-7-12(9-15(18)19)8-14(10-13)21-22(5,6)16(2,3)4/h12-14H,7-10H2,1-6H3,(H,18,19)/t12-,13+,14?/m0/s1. The molecule has 0 heterocycles. The number of carbonyl (C=O) groups is 2. The molecule has 1 aliphatic rings. The summed E-state index contributed by atoms with van der Waals surface area (Å²) in [4.78, 5) is 22.2. The highest BCUT2D eigenvalue weighted by Gasteiger charge is 2.42. The quantitative estimate of drug-likeness (QED) is 0.616. The molecule has 0 spiro atoms. The van der Waals surface area contributed by atoms with Crippen molar-refractivity contribution in [2.75, 3.05) is 0 Å². The lowest BCUT2D eigenvalue weighted by molar-refractivity contribution is -0.151. The van der Waals surface area contributed by atoms with Crippen molar-refractivity contribution < 1.29 is 23.9 Å². The van der Waals surface area contributed by atoms with Crippen molar-refractivity contribution in [2.24, 2.45) is 5.92 Å². The van der Waals surface area contributed by atoms with Gasteiger partial charge in [-0.15, -0.1) is 0 Å². The van der Waals surface area contributed by atoms with Gasteiger partial charge >= 0.3 is 11.9 Å². The lowest BCUT2D eigenvalue weighted by atomic mass is 9.83. The van der Waals surface area contributed by atoms with E-state index in [4.69, 9.17) is 14.3 Å². The zero-order chi connectivity index (χ0) is 17.1. The van der Waals surface area contributed by atoms with Gasteiger partial charge in [0.05, 0.1) is 0 Å². The van der Waals surface area contributed by atoms with Crippen LogP contribution >= 0.6 is 0 Å². The zero-order valence-corrected chi connectivity index (χ0v) is 15.6. The minimum Gasteiger partial charge on any atom is -0.481 e. The molecule has 0 radical (unpaired) electrons. The molecule has 6 heteroatoms. The van der Waals surface area contributed by atoms with Gasteiger partial charge in [-0.3, -0.25) is 9.59 Å². The summed E-state index contributed by atoms with van der Waals surface area (Å²) in [5, 5.41) is 9.14. The summed E-state index contributed by atoms with van der Waals surface area (Å²) in [6.07, 6.45) is 1.87. The Balaban J connectivity index is 2.79. The van der Waals surface area contributed by atoms with E-state index in [0.717, 1.165) is 6.42 Å². The largest absolute Gasteiger partial charge is 0.481 e. The van der Waals surface area contributed by atoms with Crippen LogP contribution in [0.1, 0.15) is 53.4 Å². The lowest BCUT2D eigenvalue weighted by Crippen LogP contribution is -2.47. The second kappa shape index (κ2) is 7.13. The number of hydrogen-bond donors (Lipinski definition) is 1. The molecule has 0 aromatic carbocycles. The van der Waals surface area contributed by atoms with Crippen LogP contribution in [-0.2, 0) is 18.8 Å². The molecule has 1 aliphatic carbocycles. The van der Waals surface area contributed by atoms with Crippen LogP contribution in [0.4, 0.5) is 0 Å². The van der Waals surface area contributed by atoms with E-state index in [0.29, 0.717) is 12.8 Å². The van der Waals surface area contributed by atoms with E-state index in [-0.39, 0.29) is 35.6 Å². The summed E-state index contributed by atoms with van der Waals surface area (Å²) >= 11 is 0. The van der Waals surface area contributed by atoms with E-state index in [1.54, 1.807) is 0 Å². The number of esters is 1. The van der Waals surface area contributed by atoms with Gasteiger partial charge in [-0.2, -0.15) is 0 Å². The molecule has 1 fully saturated rings. The molecule has 1 unspecified atom stereocenters. The number of carbonyl (C=O) groups excluding carboxylic acids is 1. The predicted octanol–water partition coefficient (Wildman–Crippen LogP) is 3.58. The van der Waals surface area contributed by atoms with Crippen molar-refractivity contribution in [1.82, 2.24) is 0 Å². The molecule has 22 heavy (non-hydrogen) atoms. The Kier molecular flexibility index (Phi) is 6.21. The summed E-state index contributed by atoms with van der Waals surface area (Å²) in [7, 11) is -1.92. The SMILES string of the molecule is CC(=O)O[C@H]1CC(O[Si](C)(C)C(C)(C)C)C[C@@H](CC(=O)O)C1. The van der Waals surface area contributed by atoms with Crippen molar-refractivity contribution in [3.05, 3.63) is 0 Å². The second-order valence-corrected chi connectivity index (χ2v) is 12.7. The van der Waals surface area contributed by atoms with Gasteiger partial charge in [0.1, 0.15) is 6.10 Å². The van der Waals surface area contributed by atoms with Crippen LogP contribution in [0.15, 0.2) is 0 Å². The minimum absolute atomic E-state index is 0.00497. The van der Waals surface area contributed by atoms with Crippen LogP contribution in [-0.4, -0.2) is 37.6 Å². The number of rotatable bonds is 5. The average molecular weight is 330 g/mol. The van der Waals surface area contributed by atoms with Gasteiger partial charge in [-0.05, 0) is 36.9 Å². The molecule has 0 saturated heterocycles. The maximum atomic E-state index is 11.2. The highest BCUT2D eigenvalue weighted by atomic mass is 28.4. The monoisotopic (exact) mass is 330 g/mol. The van der Waals surface area contributed by atoms with Gasteiger partial charge in [0.25, 0.3) is 0 Å².